The Morgan fingerprint density at radius 1 is 1.26 bits per heavy atom. The zero-order chi connectivity index (χ0) is 20.6. The number of ether oxygens (including phenoxy) is 1. The molecule has 0 aromatic heterocycles. The minimum atomic E-state index is -1.06. The second kappa shape index (κ2) is 9.89. The van der Waals surface area contributed by atoms with Crippen LogP contribution in [0.5, 0.6) is 0 Å². The van der Waals surface area contributed by atoms with Crippen molar-refractivity contribution in [2.75, 3.05) is 19.7 Å². The highest BCUT2D eigenvalue weighted by Gasteiger charge is 2.48. The Balaban J connectivity index is 2.47. The third kappa shape index (κ3) is 6.87. The molecule has 0 bridgehead atoms. The molecule has 6 amide bonds. The number of nitrogens with one attached hydrogen (secondary N) is 3. The van der Waals surface area contributed by atoms with E-state index < -0.39 is 48.5 Å². The van der Waals surface area contributed by atoms with Crippen molar-refractivity contribution in [3.8, 4) is 0 Å². The molecule has 0 aromatic carbocycles. The lowest BCUT2D eigenvalue weighted by molar-refractivity contribution is -0.150. The number of amides is 6. The number of urea groups is 2. The summed E-state index contributed by atoms with van der Waals surface area (Å²) in [5.41, 5.74) is -1.06. The molecule has 1 aliphatic rings. The fraction of sp³-hybridized carbons (Fsp3) is 0.706. The summed E-state index contributed by atoms with van der Waals surface area (Å²) in [4.78, 5) is 60.0. The number of hydrogen-bond donors (Lipinski definition) is 3. The summed E-state index contributed by atoms with van der Waals surface area (Å²) in [5, 5.41) is 7.03. The molecule has 0 radical (unpaired) electrons. The number of hydrogen-bond acceptors (Lipinski definition) is 6. The van der Waals surface area contributed by atoms with Gasteiger partial charge in [0.05, 0.1) is 0 Å². The zero-order valence-corrected chi connectivity index (χ0v) is 16.2. The van der Waals surface area contributed by atoms with Crippen LogP contribution in [0.3, 0.4) is 0 Å². The first-order chi connectivity index (χ1) is 12.6. The number of carbonyl (C=O) groups is 5. The maximum Gasteiger partial charge on any atom is 0.326 e. The van der Waals surface area contributed by atoms with Crippen LogP contribution in [0.4, 0.5) is 9.59 Å². The fourth-order valence-corrected chi connectivity index (χ4v) is 2.40. The van der Waals surface area contributed by atoms with Gasteiger partial charge in [0.1, 0.15) is 12.1 Å². The van der Waals surface area contributed by atoms with E-state index in [2.05, 4.69) is 10.6 Å². The lowest BCUT2D eigenvalue weighted by atomic mass is 9.92. The average Bonchev–Trinajstić information content (AvgIpc) is 2.80. The van der Waals surface area contributed by atoms with E-state index in [0.717, 1.165) is 11.3 Å². The van der Waals surface area contributed by atoms with Gasteiger partial charge < -0.3 is 15.4 Å². The van der Waals surface area contributed by atoms with E-state index in [1.54, 1.807) is 6.92 Å². The van der Waals surface area contributed by atoms with E-state index in [-0.39, 0.29) is 0 Å². The molecule has 1 fully saturated rings. The average molecular weight is 384 g/mol. The van der Waals surface area contributed by atoms with Crippen molar-refractivity contribution in [1.29, 1.82) is 0 Å². The molecule has 27 heavy (non-hydrogen) atoms. The summed E-state index contributed by atoms with van der Waals surface area (Å²) < 4.78 is 4.73. The topological polar surface area (TPSA) is 134 Å². The summed E-state index contributed by atoms with van der Waals surface area (Å²) in [6.07, 6.45) is 1.90. The molecule has 1 rings (SSSR count). The van der Waals surface area contributed by atoms with E-state index in [1.165, 1.54) is 0 Å². The molecule has 3 N–H and O–H groups in total. The van der Waals surface area contributed by atoms with E-state index in [0.29, 0.717) is 25.3 Å². The van der Waals surface area contributed by atoms with Gasteiger partial charge >= 0.3 is 18.0 Å². The van der Waals surface area contributed by atoms with Crippen molar-refractivity contribution < 1.29 is 28.7 Å². The monoisotopic (exact) mass is 384 g/mol. The van der Waals surface area contributed by atoms with Gasteiger partial charge in [0.25, 0.3) is 11.8 Å². The first-order valence-corrected chi connectivity index (χ1v) is 8.96. The molecule has 0 spiro atoms. The Labute approximate surface area is 158 Å². The van der Waals surface area contributed by atoms with Gasteiger partial charge in [-0.15, -0.1) is 0 Å². The third-order valence-electron chi connectivity index (χ3n) is 4.01. The van der Waals surface area contributed by atoms with Crippen LogP contribution < -0.4 is 16.0 Å². The number of imide groups is 2. The van der Waals surface area contributed by atoms with Crippen LogP contribution >= 0.6 is 0 Å². The van der Waals surface area contributed by atoms with Crippen LogP contribution in [0.1, 0.15) is 47.0 Å². The van der Waals surface area contributed by atoms with Gasteiger partial charge in [-0.05, 0) is 32.1 Å². The lowest BCUT2D eigenvalue weighted by Crippen LogP contribution is -2.45. The summed E-state index contributed by atoms with van der Waals surface area (Å²) in [7, 11) is 0. The number of rotatable bonds is 9. The molecule has 0 unspecified atom stereocenters. The van der Waals surface area contributed by atoms with Crippen molar-refractivity contribution in [3.05, 3.63) is 0 Å². The second-order valence-corrected chi connectivity index (χ2v) is 7.05. The minimum absolute atomic E-state index is 0.360. The normalized spacial score (nSPS) is 19.1. The summed E-state index contributed by atoms with van der Waals surface area (Å²) >= 11 is 0. The highest BCUT2D eigenvalue weighted by Crippen LogP contribution is 2.24. The predicted octanol–water partition coefficient (Wildman–Crippen LogP) is 0.512. The standard InChI is InChI=1S/C17H28N4O6/c1-5-8-18-15(25)19-12(22)10-27-13(23)9-21-14(24)17(4,20-16(21)26)7-6-11(2)3/h11H,5-10H2,1-4H3,(H,20,26)(H2,18,19,22,25)/t17-/m0/s1. The van der Waals surface area contributed by atoms with Gasteiger partial charge in [0.15, 0.2) is 6.61 Å². The van der Waals surface area contributed by atoms with E-state index in [9.17, 15) is 24.0 Å². The largest absolute Gasteiger partial charge is 0.454 e. The minimum Gasteiger partial charge on any atom is -0.454 e. The highest BCUT2D eigenvalue weighted by atomic mass is 16.5. The molecule has 1 heterocycles. The molecular formula is C17H28N4O6. The van der Waals surface area contributed by atoms with Crippen molar-refractivity contribution in [2.45, 2.75) is 52.5 Å². The Bertz CT molecular complexity index is 606. The van der Waals surface area contributed by atoms with E-state index >= 15 is 0 Å². The molecule has 1 aliphatic heterocycles. The molecule has 10 nitrogen and oxygen atoms in total. The highest BCUT2D eigenvalue weighted by molar-refractivity contribution is 6.08. The van der Waals surface area contributed by atoms with Crippen LogP contribution in [0.25, 0.3) is 0 Å². The van der Waals surface area contributed by atoms with Crippen LogP contribution in [0, 0.1) is 5.92 Å². The molecule has 0 aromatic rings. The second-order valence-electron chi connectivity index (χ2n) is 7.05. The van der Waals surface area contributed by atoms with Crippen LogP contribution in [0.2, 0.25) is 0 Å². The van der Waals surface area contributed by atoms with Gasteiger partial charge in [0, 0.05) is 6.54 Å². The van der Waals surface area contributed by atoms with Gasteiger partial charge in [-0.3, -0.25) is 24.6 Å². The molecule has 1 atom stereocenters. The Hall–Kier alpha value is -2.65. The molecule has 10 heteroatoms. The predicted molar refractivity (Wildman–Crippen MR) is 95.5 cm³/mol. The Morgan fingerprint density at radius 3 is 2.52 bits per heavy atom. The van der Waals surface area contributed by atoms with Crippen LogP contribution in [0.15, 0.2) is 0 Å². The third-order valence-corrected chi connectivity index (χ3v) is 4.01. The summed E-state index contributed by atoms with van der Waals surface area (Å²) in [6, 6.07) is -1.36. The SMILES string of the molecule is CCCNC(=O)NC(=O)COC(=O)CN1C(=O)N[C@@](C)(CCC(C)C)C1=O. The Kier molecular flexibility index (Phi) is 8.20. The van der Waals surface area contributed by atoms with Crippen molar-refractivity contribution in [2.24, 2.45) is 5.92 Å². The molecule has 0 saturated carbocycles. The first-order valence-electron chi connectivity index (χ1n) is 8.96. The number of esters is 1. The van der Waals surface area contributed by atoms with Gasteiger partial charge in [0.2, 0.25) is 0 Å². The molecular weight excluding hydrogens is 356 g/mol. The summed E-state index contributed by atoms with van der Waals surface area (Å²) in [6.45, 7) is 6.60. The van der Waals surface area contributed by atoms with Crippen LogP contribution in [-0.4, -0.2) is 60.0 Å². The van der Waals surface area contributed by atoms with Gasteiger partial charge in [-0.25, -0.2) is 9.59 Å². The van der Waals surface area contributed by atoms with E-state index in [1.807, 2.05) is 26.1 Å². The van der Waals surface area contributed by atoms with Crippen LogP contribution in [-0.2, 0) is 19.1 Å². The Morgan fingerprint density at radius 2 is 1.93 bits per heavy atom. The molecule has 1 saturated heterocycles. The summed E-state index contributed by atoms with van der Waals surface area (Å²) in [5.74, 6) is -1.88. The first kappa shape index (κ1) is 22.4. The van der Waals surface area contributed by atoms with Crippen molar-refractivity contribution >= 4 is 29.8 Å². The van der Waals surface area contributed by atoms with E-state index in [4.69, 9.17) is 4.74 Å². The molecule has 0 aliphatic carbocycles. The quantitative estimate of drug-likeness (QED) is 0.392. The molecule has 152 valence electrons. The number of nitrogens with zero attached hydrogens (tertiary/aromatic N) is 1. The maximum absolute atomic E-state index is 12.5. The lowest BCUT2D eigenvalue weighted by Gasteiger charge is -2.22. The number of carbonyl (C=O) groups excluding carboxylic acids is 5. The van der Waals surface area contributed by atoms with Gasteiger partial charge in [-0.2, -0.15) is 0 Å². The zero-order valence-electron chi connectivity index (χ0n) is 16.2. The smallest absolute Gasteiger partial charge is 0.326 e. The maximum atomic E-state index is 12.5. The van der Waals surface area contributed by atoms with Crippen molar-refractivity contribution in [3.63, 3.8) is 0 Å². The fourth-order valence-electron chi connectivity index (χ4n) is 2.40. The van der Waals surface area contributed by atoms with Crippen molar-refractivity contribution in [1.82, 2.24) is 20.9 Å². The van der Waals surface area contributed by atoms with Gasteiger partial charge in [-0.1, -0.05) is 20.8 Å².